The Hall–Kier alpha value is -3.74. The maximum absolute atomic E-state index is 13.5. The molecule has 1 amide bonds. The number of rotatable bonds is 7. The van der Waals surface area contributed by atoms with E-state index in [0.717, 1.165) is 5.56 Å². The van der Waals surface area contributed by atoms with Crippen LogP contribution < -0.4 is 19.1 Å². The number of methoxy groups -OCH3 is 4. The molecule has 2 aromatic carbocycles. The molecule has 174 valence electrons. The smallest absolute Gasteiger partial charge is 0.340 e. The van der Waals surface area contributed by atoms with Crippen molar-refractivity contribution in [1.29, 1.82) is 0 Å². The van der Waals surface area contributed by atoms with Crippen LogP contribution >= 0.6 is 0 Å². The van der Waals surface area contributed by atoms with Gasteiger partial charge >= 0.3 is 5.97 Å². The number of amides is 1. The van der Waals surface area contributed by atoms with E-state index in [4.69, 9.17) is 18.9 Å². The molecule has 2 aromatic rings. The fourth-order valence-corrected chi connectivity index (χ4v) is 3.85. The van der Waals surface area contributed by atoms with E-state index in [0.29, 0.717) is 40.1 Å². The minimum atomic E-state index is -0.583. The molecule has 0 fully saturated rings. The first kappa shape index (κ1) is 23.9. The Labute approximate surface area is 194 Å². The molecule has 1 heterocycles. The SMILES string of the molecule is COC(=O)C1=C(C)N(c2ccc(C(C)C)cc2)C(=O)/C1=C\c1cc(OC)c(OC)c(OC)c1. The predicted molar refractivity (Wildman–Crippen MR) is 127 cm³/mol. The van der Waals surface area contributed by atoms with Crippen LogP contribution in [0.1, 0.15) is 37.8 Å². The molecule has 7 heteroatoms. The molecule has 0 unspecified atom stereocenters. The molecular weight excluding hydrogens is 422 g/mol. The molecule has 0 atom stereocenters. The van der Waals surface area contributed by atoms with Gasteiger partial charge in [-0.05, 0) is 54.3 Å². The Balaban J connectivity index is 2.14. The van der Waals surface area contributed by atoms with Crippen molar-refractivity contribution in [3.05, 3.63) is 64.4 Å². The summed E-state index contributed by atoms with van der Waals surface area (Å²) in [6.45, 7) is 5.94. The Morgan fingerprint density at radius 2 is 1.52 bits per heavy atom. The molecular formula is C26H29NO6. The van der Waals surface area contributed by atoms with Crippen molar-refractivity contribution in [2.24, 2.45) is 0 Å². The number of benzene rings is 2. The van der Waals surface area contributed by atoms with E-state index in [1.165, 1.54) is 33.3 Å². The topological polar surface area (TPSA) is 74.3 Å². The quantitative estimate of drug-likeness (QED) is 0.448. The third kappa shape index (κ3) is 4.44. The van der Waals surface area contributed by atoms with Crippen LogP contribution in [0.2, 0.25) is 0 Å². The van der Waals surface area contributed by atoms with Crippen molar-refractivity contribution < 1.29 is 28.5 Å². The van der Waals surface area contributed by atoms with Crippen LogP contribution in [-0.4, -0.2) is 40.3 Å². The number of esters is 1. The third-order valence-corrected chi connectivity index (χ3v) is 5.61. The Morgan fingerprint density at radius 3 is 1.97 bits per heavy atom. The van der Waals surface area contributed by atoms with Crippen molar-refractivity contribution >= 4 is 23.6 Å². The summed E-state index contributed by atoms with van der Waals surface area (Å²) in [7, 11) is 5.84. The van der Waals surface area contributed by atoms with E-state index >= 15 is 0 Å². The lowest BCUT2D eigenvalue weighted by atomic mass is 10.0. The Kier molecular flexibility index (Phi) is 7.11. The van der Waals surface area contributed by atoms with Gasteiger partial charge in [-0.15, -0.1) is 0 Å². The van der Waals surface area contributed by atoms with E-state index in [2.05, 4.69) is 13.8 Å². The zero-order valence-corrected chi connectivity index (χ0v) is 20.0. The molecule has 33 heavy (non-hydrogen) atoms. The summed E-state index contributed by atoms with van der Waals surface area (Å²) in [5, 5.41) is 0. The van der Waals surface area contributed by atoms with Gasteiger partial charge in [-0.2, -0.15) is 0 Å². The first-order valence-corrected chi connectivity index (χ1v) is 10.5. The molecule has 0 bridgehead atoms. The van der Waals surface area contributed by atoms with Crippen molar-refractivity contribution in [3.63, 3.8) is 0 Å². The molecule has 1 aliphatic heterocycles. The highest BCUT2D eigenvalue weighted by Gasteiger charge is 2.38. The highest BCUT2D eigenvalue weighted by atomic mass is 16.5. The summed E-state index contributed by atoms with van der Waals surface area (Å²) in [5.74, 6) is 0.781. The molecule has 3 rings (SSSR count). The zero-order valence-electron chi connectivity index (χ0n) is 20.0. The van der Waals surface area contributed by atoms with E-state index in [1.807, 2.05) is 24.3 Å². The summed E-state index contributed by atoms with van der Waals surface area (Å²) in [6, 6.07) is 11.2. The van der Waals surface area contributed by atoms with Gasteiger partial charge in [-0.25, -0.2) is 4.79 Å². The Morgan fingerprint density at radius 1 is 0.939 bits per heavy atom. The van der Waals surface area contributed by atoms with Gasteiger partial charge in [0, 0.05) is 11.4 Å². The van der Waals surface area contributed by atoms with Gasteiger partial charge in [0.25, 0.3) is 5.91 Å². The number of ether oxygens (including phenoxy) is 4. The summed E-state index contributed by atoms with van der Waals surface area (Å²) < 4.78 is 21.2. The van der Waals surface area contributed by atoms with Crippen molar-refractivity contribution in [2.75, 3.05) is 33.3 Å². The molecule has 0 saturated carbocycles. The maximum Gasteiger partial charge on any atom is 0.340 e. The lowest BCUT2D eigenvalue weighted by Crippen LogP contribution is -2.24. The second-order valence-electron chi connectivity index (χ2n) is 7.86. The lowest BCUT2D eigenvalue weighted by molar-refractivity contribution is -0.136. The van der Waals surface area contributed by atoms with Crippen LogP contribution in [-0.2, 0) is 14.3 Å². The third-order valence-electron chi connectivity index (χ3n) is 5.61. The predicted octanol–water partition coefficient (Wildman–Crippen LogP) is 4.71. The summed E-state index contributed by atoms with van der Waals surface area (Å²) >= 11 is 0. The van der Waals surface area contributed by atoms with E-state index < -0.39 is 5.97 Å². The average Bonchev–Trinajstić information content (AvgIpc) is 3.06. The molecule has 0 N–H and O–H groups in total. The molecule has 0 radical (unpaired) electrons. The second kappa shape index (κ2) is 9.81. The van der Waals surface area contributed by atoms with Gasteiger partial charge in [-0.3, -0.25) is 9.69 Å². The highest BCUT2D eigenvalue weighted by molar-refractivity contribution is 6.23. The zero-order chi connectivity index (χ0) is 24.3. The molecule has 7 nitrogen and oxygen atoms in total. The van der Waals surface area contributed by atoms with Crippen LogP contribution in [0, 0.1) is 0 Å². The normalized spacial score (nSPS) is 14.8. The first-order chi connectivity index (χ1) is 15.8. The lowest BCUT2D eigenvalue weighted by Gasteiger charge is -2.19. The summed E-state index contributed by atoms with van der Waals surface area (Å²) in [5.41, 5.74) is 3.39. The van der Waals surface area contributed by atoms with Crippen molar-refractivity contribution in [2.45, 2.75) is 26.7 Å². The van der Waals surface area contributed by atoms with Crippen LogP contribution in [0.4, 0.5) is 5.69 Å². The molecule has 0 spiro atoms. The number of hydrogen-bond donors (Lipinski definition) is 0. The number of carbonyl (C=O) groups excluding carboxylic acids is 2. The summed E-state index contributed by atoms with van der Waals surface area (Å²) in [6.07, 6.45) is 1.63. The van der Waals surface area contributed by atoms with E-state index in [1.54, 1.807) is 25.1 Å². The van der Waals surface area contributed by atoms with Crippen LogP contribution in [0.25, 0.3) is 6.08 Å². The number of carbonyl (C=O) groups is 2. The summed E-state index contributed by atoms with van der Waals surface area (Å²) in [4.78, 5) is 27.7. The van der Waals surface area contributed by atoms with E-state index in [-0.39, 0.29) is 17.1 Å². The van der Waals surface area contributed by atoms with Gasteiger partial charge in [0.2, 0.25) is 5.75 Å². The van der Waals surface area contributed by atoms with E-state index in [9.17, 15) is 9.59 Å². The van der Waals surface area contributed by atoms with Gasteiger partial charge < -0.3 is 18.9 Å². The number of allylic oxidation sites excluding steroid dienone is 1. The maximum atomic E-state index is 13.5. The van der Waals surface area contributed by atoms with Gasteiger partial charge in [0.05, 0.1) is 39.6 Å². The fourth-order valence-electron chi connectivity index (χ4n) is 3.85. The molecule has 0 aromatic heterocycles. The van der Waals surface area contributed by atoms with Gasteiger partial charge in [0.15, 0.2) is 11.5 Å². The highest BCUT2D eigenvalue weighted by Crippen LogP contribution is 2.40. The number of hydrogen-bond acceptors (Lipinski definition) is 6. The molecule has 0 aliphatic carbocycles. The number of nitrogens with zero attached hydrogens (tertiary/aromatic N) is 1. The van der Waals surface area contributed by atoms with Crippen molar-refractivity contribution in [1.82, 2.24) is 0 Å². The van der Waals surface area contributed by atoms with Crippen molar-refractivity contribution in [3.8, 4) is 17.2 Å². The standard InChI is InChI=1S/C26H29NO6/c1-15(2)18-8-10-19(11-9-18)27-16(3)23(26(29)33-7)20(25(27)28)12-17-13-21(30-4)24(32-6)22(14-17)31-5/h8-15H,1-7H3/b20-12-. The molecule has 1 aliphatic rings. The van der Waals surface area contributed by atoms with Crippen LogP contribution in [0.15, 0.2) is 53.2 Å². The van der Waals surface area contributed by atoms with Gasteiger partial charge in [-0.1, -0.05) is 26.0 Å². The number of anilines is 1. The Bertz CT molecular complexity index is 1100. The second-order valence-corrected chi connectivity index (χ2v) is 7.86. The van der Waals surface area contributed by atoms with Gasteiger partial charge in [0.1, 0.15) is 0 Å². The van der Waals surface area contributed by atoms with Crippen LogP contribution in [0.5, 0.6) is 17.2 Å². The monoisotopic (exact) mass is 451 g/mol. The fraction of sp³-hybridized carbons (Fsp3) is 0.308. The first-order valence-electron chi connectivity index (χ1n) is 10.5. The average molecular weight is 452 g/mol. The minimum absolute atomic E-state index is 0.212. The largest absolute Gasteiger partial charge is 0.493 e. The minimum Gasteiger partial charge on any atom is -0.493 e. The molecule has 0 saturated heterocycles. The van der Waals surface area contributed by atoms with Crippen LogP contribution in [0.3, 0.4) is 0 Å².